The molecule has 0 fully saturated rings. The summed E-state index contributed by atoms with van der Waals surface area (Å²) >= 11 is 3.22. The second-order valence-corrected chi connectivity index (χ2v) is 7.89. The van der Waals surface area contributed by atoms with E-state index in [1.54, 1.807) is 34.8 Å². The maximum Gasteiger partial charge on any atom is 0.251 e. The van der Waals surface area contributed by atoms with Crippen molar-refractivity contribution in [3.63, 3.8) is 0 Å². The molecule has 1 N–H and O–H groups in total. The molecule has 1 unspecified atom stereocenters. The number of nitrogens with zero attached hydrogens (tertiary/aromatic N) is 2. The van der Waals surface area contributed by atoms with Crippen LogP contribution in [-0.4, -0.2) is 15.9 Å². The van der Waals surface area contributed by atoms with E-state index in [9.17, 15) is 4.79 Å². The minimum Gasteiger partial charge on any atom is -0.487 e. The van der Waals surface area contributed by atoms with E-state index in [1.165, 1.54) is 0 Å². The van der Waals surface area contributed by atoms with Crippen LogP contribution in [0.1, 0.15) is 51.7 Å². The highest BCUT2D eigenvalue weighted by Gasteiger charge is 2.14. The van der Waals surface area contributed by atoms with Crippen molar-refractivity contribution < 1.29 is 9.53 Å². The van der Waals surface area contributed by atoms with Gasteiger partial charge in [-0.25, -0.2) is 9.97 Å². The molecule has 2 aromatic heterocycles. The second kappa shape index (κ2) is 8.42. The zero-order chi connectivity index (χ0) is 18.5. The lowest BCUT2D eigenvalue weighted by atomic mass is 10.1. The fraction of sp³-hybridized carbons (Fsp3) is 0.316. The van der Waals surface area contributed by atoms with Crippen LogP contribution in [0, 0.1) is 6.92 Å². The fourth-order valence-electron chi connectivity index (χ4n) is 2.40. The van der Waals surface area contributed by atoms with Crippen molar-refractivity contribution in [3.05, 3.63) is 62.0 Å². The van der Waals surface area contributed by atoms with Crippen LogP contribution in [-0.2, 0) is 13.0 Å². The summed E-state index contributed by atoms with van der Waals surface area (Å²) in [4.78, 5) is 21.4. The molecule has 0 aliphatic heterocycles. The quantitative estimate of drug-likeness (QED) is 0.646. The van der Waals surface area contributed by atoms with Crippen molar-refractivity contribution in [3.8, 4) is 5.75 Å². The average molecular weight is 388 g/mol. The Morgan fingerprint density at radius 1 is 1.27 bits per heavy atom. The fourth-order valence-corrected chi connectivity index (χ4v) is 3.83. The number of aromatic nitrogens is 2. The molecule has 1 aromatic carbocycles. The van der Waals surface area contributed by atoms with E-state index >= 15 is 0 Å². The van der Waals surface area contributed by atoms with Crippen LogP contribution in [0.25, 0.3) is 0 Å². The zero-order valence-electron chi connectivity index (χ0n) is 15.0. The van der Waals surface area contributed by atoms with Crippen molar-refractivity contribution in [2.24, 2.45) is 0 Å². The van der Waals surface area contributed by atoms with Gasteiger partial charge in [0.2, 0.25) is 0 Å². The molecule has 0 spiro atoms. The molecule has 1 amide bonds. The maximum atomic E-state index is 12.5. The number of hydrogen-bond acceptors (Lipinski definition) is 6. The number of hydrogen-bond donors (Lipinski definition) is 1. The summed E-state index contributed by atoms with van der Waals surface area (Å²) in [6, 6.07) is 7.05. The third kappa shape index (κ3) is 4.68. The lowest BCUT2D eigenvalue weighted by Gasteiger charge is -2.12. The number of amides is 1. The topological polar surface area (TPSA) is 64.1 Å². The lowest BCUT2D eigenvalue weighted by Crippen LogP contribution is -2.26. The van der Waals surface area contributed by atoms with Gasteiger partial charge < -0.3 is 10.1 Å². The van der Waals surface area contributed by atoms with E-state index < -0.39 is 0 Å². The Labute approximate surface area is 161 Å². The summed E-state index contributed by atoms with van der Waals surface area (Å²) in [7, 11) is 0. The molecular weight excluding hydrogens is 366 g/mol. The molecule has 3 rings (SSSR count). The molecular formula is C19H21N3O2S2. The largest absolute Gasteiger partial charge is 0.487 e. The normalized spacial score (nSPS) is 12.0. The van der Waals surface area contributed by atoms with Gasteiger partial charge in [-0.3, -0.25) is 4.79 Å². The van der Waals surface area contributed by atoms with Crippen LogP contribution >= 0.6 is 22.7 Å². The Kier molecular flexibility index (Phi) is 6.00. The third-order valence-corrected chi connectivity index (χ3v) is 5.65. The monoisotopic (exact) mass is 387 g/mol. The Hall–Kier alpha value is -2.25. The van der Waals surface area contributed by atoms with E-state index in [0.29, 0.717) is 17.9 Å². The molecule has 0 saturated carbocycles. The molecule has 0 saturated heterocycles. The minimum absolute atomic E-state index is 0.137. The first-order valence-electron chi connectivity index (χ1n) is 8.44. The Morgan fingerprint density at radius 3 is 2.81 bits per heavy atom. The van der Waals surface area contributed by atoms with Crippen LogP contribution in [0.3, 0.4) is 0 Å². The van der Waals surface area contributed by atoms with Gasteiger partial charge in [-0.1, -0.05) is 13.0 Å². The number of nitrogens with one attached hydrogen (secondary N) is 1. The number of rotatable bonds is 7. The molecule has 0 aliphatic rings. The summed E-state index contributed by atoms with van der Waals surface area (Å²) < 4.78 is 5.76. The van der Waals surface area contributed by atoms with Crippen molar-refractivity contribution in [2.45, 2.75) is 39.8 Å². The number of benzene rings is 1. The van der Waals surface area contributed by atoms with Gasteiger partial charge in [0.05, 0.1) is 27.4 Å². The average Bonchev–Trinajstić information content (AvgIpc) is 3.29. The molecule has 1 atom stereocenters. The van der Waals surface area contributed by atoms with Crippen LogP contribution in [0.4, 0.5) is 0 Å². The Balaban J connectivity index is 1.62. The Bertz CT molecular complexity index is 888. The maximum absolute atomic E-state index is 12.5. The van der Waals surface area contributed by atoms with E-state index in [4.69, 9.17) is 4.74 Å². The minimum atomic E-state index is -0.140. The summed E-state index contributed by atoms with van der Waals surface area (Å²) in [5.74, 6) is 0.511. The van der Waals surface area contributed by atoms with Gasteiger partial charge >= 0.3 is 0 Å². The highest BCUT2D eigenvalue weighted by Crippen LogP contribution is 2.19. The third-order valence-electron chi connectivity index (χ3n) is 3.81. The molecule has 7 heteroatoms. The van der Waals surface area contributed by atoms with Crippen molar-refractivity contribution >= 4 is 28.6 Å². The van der Waals surface area contributed by atoms with Crippen molar-refractivity contribution in [1.82, 2.24) is 15.3 Å². The molecule has 136 valence electrons. The smallest absolute Gasteiger partial charge is 0.251 e. The summed E-state index contributed by atoms with van der Waals surface area (Å²) in [5.41, 5.74) is 2.35. The zero-order valence-corrected chi connectivity index (χ0v) is 16.6. The van der Waals surface area contributed by atoms with Crippen LogP contribution in [0.15, 0.2) is 35.0 Å². The number of thiazole rings is 2. The lowest BCUT2D eigenvalue weighted by molar-refractivity contribution is 0.0938. The molecule has 0 radical (unpaired) electrons. The van der Waals surface area contributed by atoms with Gasteiger partial charge in [-0.05, 0) is 38.5 Å². The summed E-state index contributed by atoms with van der Waals surface area (Å²) in [6.07, 6.45) is 0.906. The van der Waals surface area contributed by atoms with Crippen molar-refractivity contribution in [1.29, 1.82) is 0 Å². The van der Waals surface area contributed by atoms with E-state index in [2.05, 4.69) is 22.2 Å². The SMILES string of the molecule is CCc1nc(C(C)NC(=O)c2cccc(OCc3csc(C)n3)c2)cs1. The summed E-state index contributed by atoms with van der Waals surface area (Å²) in [6.45, 7) is 6.37. The Morgan fingerprint density at radius 2 is 2.12 bits per heavy atom. The van der Waals surface area contributed by atoms with E-state index in [1.807, 2.05) is 36.7 Å². The van der Waals surface area contributed by atoms with Gasteiger partial charge in [0.1, 0.15) is 12.4 Å². The number of ether oxygens (including phenoxy) is 1. The summed E-state index contributed by atoms with van der Waals surface area (Å²) in [5, 5.41) is 9.06. The van der Waals surface area contributed by atoms with E-state index in [-0.39, 0.29) is 11.9 Å². The van der Waals surface area contributed by atoms with Gasteiger partial charge in [-0.2, -0.15) is 0 Å². The van der Waals surface area contributed by atoms with Crippen LogP contribution < -0.4 is 10.1 Å². The first-order chi connectivity index (χ1) is 12.5. The number of carbonyl (C=O) groups is 1. The molecule has 5 nitrogen and oxygen atoms in total. The highest BCUT2D eigenvalue weighted by atomic mass is 32.1. The highest BCUT2D eigenvalue weighted by molar-refractivity contribution is 7.09. The van der Waals surface area contributed by atoms with Gasteiger partial charge in [0.15, 0.2) is 0 Å². The first kappa shape index (κ1) is 18.5. The van der Waals surface area contributed by atoms with Gasteiger partial charge in [-0.15, -0.1) is 22.7 Å². The standard InChI is InChI=1S/C19H21N3O2S2/c1-4-18-22-17(11-26-18)12(2)20-19(23)14-6-5-7-16(8-14)24-9-15-10-25-13(3)21-15/h5-8,10-12H,4,9H2,1-3H3,(H,20,23). The predicted molar refractivity (Wildman–Crippen MR) is 105 cm³/mol. The number of carbonyl (C=O) groups excluding carboxylic acids is 1. The molecule has 3 aromatic rings. The van der Waals surface area contributed by atoms with E-state index in [0.717, 1.165) is 27.8 Å². The number of aryl methyl sites for hydroxylation is 2. The van der Waals surface area contributed by atoms with Gasteiger partial charge in [0.25, 0.3) is 5.91 Å². The molecule has 26 heavy (non-hydrogen) atoms. The second-order valence-electron chi connectivity index (χ2n) is 5.89. The molecule has 0 aliphatic carbocycles. The van der Waals surface area contributed by atoms with Crippen LogP contribution in [0.2, 0.25) is 0 Å². The first-order valence-corrected chi connectivity index (χ1v) is 10.2. The van der Waals surface area contributed by atoms with Crippen LogP contribution in [0.5, 0.6) is 5.75 Å². The predicted octanol–water partition coefficient (Wildman–Crippen LogP) is 4.54. The van der Waals surface area contributed by atoms with Gasteiger partial charge in [0, 0.05) is 16.3 Å². The van der Waals surface area contributed by atoms with Crippen molar-refractivity contribution in [2.75, 3.05) is 0 Å². The molecule has 2 heterocycles. The molecule has 0 bridgehead atoms.